The summed E-state index contributed by atoms with van der Waals surface area (Å²) in [7, 11) is 3.21. The highest BCUT2D eigenvalue weighted by molar-refractivity contribution is 5.90. The lowest BCUT2D eigenvalue weighted by Gasteiger charge is -2.38. The van der Waals surface area contributed by atoms with Crippen LogP contribution in [-0.4, -0.2) is 44.1 Å². The number of benzene rings is 2. The number of anilines is 1. The Kier molecular flexibility index (Phi) is 5.79. The number of carbonyl (C=O) groups excluding carboxylic acids is 2. The molecule has 2 N–H and O–H groups in total. The average molecular weight is 409 g/mol. The first kappa shape index (κ1) is 20.1. The summed E-state index contributed by atoms with van der Waals surface area (Å²) in [5.74, 6) is 1.45. The van der Waals surface area contributed by atoms with Crippen LogP contribution in [0.5, 0.6) is 11.5 Å². The third kappa shape index (κ3) is 4.20. The summed E-state index contributed by atoms with van der Waals surface area (Å²) in [5, 5.41) is 6.00. The second-order valence-electron chi connectivity index (χ2n) is 7.68. The van der Waals surface area contributed by atoms with Crippen molar-refractivity contribution in [1.29, 1.82) is 0 Å². The predicted molar refractivity (Wildman–Crippen MR) is 114 cm³/mol. The molecule has 158 valence electrons. The van der Waals surface area contributed by atoms with Crippen molar-refractivity contribution in [1.82, 2.24) is 10.2 Å². The number of hydrogen-bond acceptors (Lipinski definition) is 4. The molecule has 7 nitrogen and oxygen atoms in total. The fraction of sp³-hybridized carbons (Fsp3) is 0.391. The maximum atomic E-state index is 13.1. The summed E-state index contributed by atoms with van der Waals surface area (Å²) in [6, 6.07) is 12.8. The van der Waals surface area contributed by atoms with Crippen molar-refractivity contribution < 1.29 is 19.1 Å². The summed E-state index contributed by atoms with van der Waals surface area (Å²) in [5.41, 5.74) is 2.81. The normalized spacial score (nSPS) is 17.7. The van der Waals surface area contributed by atoms with Gasteiger partial charge in [0.2, 0.25) is 5.91 Å². The van der Waals surface area contributed by atoms with E-state index in [0.29, 0.717) is 31.0 Å². The van der Waals surface area contributed by atoms with E-state index in [4.69, 9.17) is 9.47 Å². The van der Waals surface area contributed by atoms with Gasteiger partial charge in [0.25, 0.3) is 0 Å². The molecule has 1 aliphatic heterocycles. The number of ether oxygens (including phenoxy) is 2. The molecule has 0 spiro atoms. The van der Waals surface area contributed by atoms with Crippen LogP contribution in [-0.2, 0) is 11.2 Å². The number of para-hydroxylation sites is 1. The molecule has 1 saturated carbocycles. The van der Waals surface area contributed by atoms with Gasteiger partial charge in [0.15, 0.2) is 11.5 Å². The second kappa shape index (κ2) is 8.65. The smallest absolute Gasteiger partial charge is 0.322 e. The van der Waals surface area contributed by atoms with E-state index in [1.165, 1.54) is 0 Å². The fourth-order valence-electron chi connectivity index (χ4n) is 3.90. The monoisotopic (exact) mass is 409 g/mol. The molecular weight excluding hydrogens is 382 g/mol. The lowest BCUT2D eigenvalue weighted by molar-refractivity contribution is -0.122. The van der Waals surface area contributed by atoms with Crippen LogP contribution in [0.3, 0.4) is 0 Å². The predicted octanol–water partition coefficient (Wildman–Crippen LogP) is 3.36. The second-order valence-corrected chi connectivity index (χ2v) is 7.68. The molecule has 0 unspecified atom stereocenters. The maximum Gasteiger partial charge on any atom is 0.322 e. The zero-order valence-corrected chi connectivity index (χ0v) is 17.3. The van der Waals surface area contributed by atoms with Crippen LogP contribution in [0.2, 0.25) is 0 Å². The van der Waals surface area contributed by atoms with Crippen molar-refractivity contribution in [2.75, 3.05) is 32.6 Å². The van der Waals surface area contributed by atoms with Crippen molar-refractivity contribution in [2.45, 2.75) is 25.3 Å². The number of fused-ring (bicyclic) bond motifs is 1. The van der Waals surface area contributed by atoms with Crippen molar-refractivity contribution in [3.8, 4) is 11.5 Å². The number of rotatable bonds is 6. The van der Waals surface area contributed by atoms with E-state index in [1.807, 2.05) is 42.5 Å². The van der Waals surface area contributed by atoms with Gasteiger partial charge >= 0.3 is 6.03 Å². The summed E-state index contributed by atoms with van der Waals surface area (Å²) < 4.78 is 10.9. The average Bonchev–Trinajstić information content (AvgIpc) is 3.62. The van der Waals surface area contributed by atoms with Crippen LogP contribution in [0.25, 0.3) is 0 Å². The van der Waals surface area contributed by atoms with Crippen LogP contribution < -0.4 is 20.1 Å². The van der Waals surface area contributed by atoms with E-state index >= 15 is 0 Å². The minimum absolute atomic E-state index is 0.0611. The molecule has 3 amide bonds. The van der Waals surface area contributed by atoms with Crippen molar-refractivity contribution in [3.63, 3.8) is 0 Å². The number of carbonyl (C=O) groups is 2. The van der Waals surface area contributed by atoms with Crippen LogP contribution in [0.15, 0.2) is 42.5 Å². The molecule has 0 aromatic heterocycles. The molecule has 2 aliphatic rings. The minimum Gasteiger partial charge on any atom is -0.493 e. The number of amides is 3. The lowest BCUT2D eigenvalue weighted by atomic mass is 9.91. The van der Waals surface area contributed by atoms with Crippen LogP contribution in [0.1, 0.15) is 30.0 Å². The van der Waals surface area contributed by atoms with Gasteiger partial charge in [-0.3, -0.25) is 4.79 Å². The summed E-state index contributed by atoms with van der Waals surface area (Å²) in [6.45, 7) is 0.908. The van der Waals surface area contributed by atoms with E-state index in [9.17, 15) is 9.59 Å². The first-order valence-corrected chi connectivity index (χ1v) is 10.3. The number of urea groups is 1. The van der Waals surface area contributed by atoms with Gasteiger partial charge in [0, 0.05) is 24.7 Å². The first-order valence-electron chi connectivity index (χ1n) is 10.3. The molecule has 0 radical (unpaired) electrons. The summed E-state index contributed by atoms with van der Waals surface area (Å²) in [4.78, 5) is 27.2. The third-order valence-electron chi connectivity index (χ3n) is 5.71. The van der Waals surface area contributed by atoms with Gasteiger partial charge in [-0.25, -0.2) is 4.79 Å². The van der Waals surface area contributed by atoms with Gasteiger partial charge in [-0.15, -0.1) is 0 Å². The molecule has 0 bridgehead atoms. The molecule has 1 fully saturated rings. The van der Waals surface area contributed by atoms with Crippen LogP contribution in [0, 0.1) is 5.92 Å². The number of nitrogens with one attached hydrogen (secondary N) is 2. The van der Waals surface area contributed by atoms with Crippen molar-refractivity contribution in [3.05, 3.63) is 53.6 Å². The zero-order valence-electron chi connectivity index (χ0n) is 17.3. The molecule has 1 atom stereocenters. The Hall–Kier alpha value is -3.22. The van der Waals surface area contributed by atoms with Crippen LogP contribution in [0.4, 0.5) is 10.5 Å². The van der Waals surface area contributed by atoms with Gasteiger partial charge in [0.1, 0.15) is 0 Å². The zero-order chi connectivity index (χ0) is 21.1. The Bertz CT molecular complexity index is 928. The van der Waals surface area contributed by atoms with Crippen molar-refractivity contribution >= 4 is 17.6 Å². The number of hydrogen-bond donors (Lipinski definition) is 2. The number of methoxy groups -OCH3 is 2. The minimum atomic E-state index is -0.292. The Morgan fingerprint density at radius 3 is 2.43 bits per heavy atom. The molecule has 1 heterocycles. The Balaban J connectivity index is 1.61. The largest absolute Gasteiger partial charge is 0.493 e. The molecule has 2 aromatic carbocycles. The quantitative estimate of drug-likeness (QED) is 0.767. The highest BCUT2D eigenvalue weighted by atomic mass is 16.5. The standard InChI is InChI=1S/C23H27N3O4/c1-29-20-12-16-10-11-26(23(28)25-17-6-4-3-5-7-17)19(18(16)13-21(20)30-2)14-24-22(27)15-8-9-15/h3-7,12-13,15,19H,8-11,14H2,1-2H3,(H,24,27)(H,25,28)/t19-/m1/s1. The molecule has 4 rings (SSSR count). The lowest BCUT2D eigenvalue weighted by Crippen LogP contribution is -2.47. The van der Waals surface area contributed by atoms with Gasteiger partial charge < -0.3 is 25.0 Å². The van der Waals surface area contributed by atoms with Crippen molar-refractivity contribution in [2.24, 2.45) is 5.92 Å². The summed E-state index contributed by atoms with van der Waals surface area (Å²) in [6.07, 6.45) is 2.58. The Morgan fingerprint density at radius 2 is 1.77 bits per heavy atom. The van der Waals surface area contributed by atoms with E-state index in [1.54, 1.807) is 19.1 Å². The van der Waals surface area contributed by atoms with Gasteiger partial charge in [-0.05, 0) is 54.7 Å². The highest BCUT2D eigenvalue weighted by Gasteiger charge is 2.35. The highest BCUT2D eigenvalue weighted by Crippen LogP contribution is 2.38. The molecule has 2 aromatic rings. The Morgan fingerprint density at radius 1 is 1.07 bits per heavy atom. The van der Waals surface area contributed by atoms with Gasteiger partial charge in [0.05, 0.1) is 20.3 Å². The molecule has 0 saturated heterocycles. The summed E-state index contributed by atoms with van der Waals surface area (Å²) >= 11 is 0. The van der Waals surface area contributed by atoms with Gasteiger partial charge in [-0.1, -0.05) is 18.2 Å². The van der Waals surface area contributed by atoms with E-state index < -0.39 is 0 Å². The number of nitrogens with zero attached hydrogens (tertiary/aromatic N) is 1. The molecule has 7 heteroatoms. The van der Waals surface area contributed by atoms with E-state index in [2.05, 4.69) is 10.6 Å². The molecule has 1 aliphatic carbocycles. The molecular formula is C23H27N3O4. The van der Waals surface area contributed by atoms with Crippen LogP contribution >= 0.6 is 0 Å². The first-order chi connectivity index (χ1) is 14.6. The van der Waals surface area contributed by atoms with E-state index in [0.717, 1.165) is 29.7 Å². The Labute approximate surface area is 176 Å². The van der Waals surface area contributed by atoms with E-state index in [-0.39, 0.29) is 23.9 Å². The third-order valence-corrected chi connectivity index (χ3v) is 5.71. The van der Waals surface area contributed by atoms with Gasteiger partial charge in [-0.2, -0.15) is 0 Å². The maximum absolute atomic E-state index is 13.1. The SMILES string of the molecule is COc1cc2c(cc1OC)[C@@H](CNC(=O)C1CC1)N(C(=O)Nc1ccccc1)CC2. The molecule has 30 heavy (non-hydrogen) atoms. The fourth-order valence-corrected chi connectivity index (χ4v) is 3.90. The topological polar surface area (TPSA) is 79.9 Å².